The molecule has 0 amide bonds. The molecule has 1 nitrogen and oxygen atoms in total. The zero-order valence-electron chi connectivity index (χ0n) is 7.72. The van der Waals surface area contributed by atoms with Gasteiger partial charge in [0.1, 0.15) is 6.29 Å². The molecular formula is C10H16O. The summed E-state index contributed by atoms with van der Waals surface area (Å²) in [5.41, 5.74) is 0.911. The van der Waals surface area contributed by atoms with Gasteiger partial charge in [-0.2, -0.15) is 0 Å². The van der Waals surface area contributed by atoms with E-state index in [2.05, 4.69) is 0 Å². The molecule has 0 aliphatic rings. The SMILES string of the molecule is CC(C)=C/C=C/C(C)(C)C=O. The van der Waals surface area contributed by atoms with Gasteiger partial charge in [-0.05, 0) is 27.7 Å². The number of carbonyl (C=O) groups excluding carboxylic acids is 1. The van der Waals surface area contributed by atoms with Crippen LogP contribution < -0.4 is 0 Å². The predicted octanol–water partition coefficient (Wildman–Crippen LogP) is 2.73. The second kappa shape index (κ2) is 4.12. The molecule has 0 saturated heterocycles. The Kier molecular flexibility index (Phi) is 3.80. The van der Waals surface area contributed by atoms with Gasteiger partial charge in [-0.15, -0.1) is 0 Å². The van der Waals surface area contributed by atoms with Gasteiger partial charge in [0.05, 0.1) is 0 Å². The number of aldehydes is 1. The molecule has 0 aliphatic heterocycles. The first-order valence-corrected chi connectivity index (χ1v) is 3.77. The number of carbonyl (C=O) groups is 1. The Labute approximate surface area is 68.8 Å². The molecular weight excluding hydrogens is 136 g/mol. The van der Waals surface area contributed by atoms with Gasteiger partial charge in [0.25, 0.3) is 0 Å². The second-order valence-electron chi connectivity index (χ2n) is 3.54. The fourth-order valence-corrected chi connectivity index (χ4v) is 0.528. The quantitative estimate of drug-likeness (QED) is 0.449. The van der Waals surface area contributed by atoms with Crippen LogP contribution in [0.2, 0.25) is 0 Å². The van der Waals surface area contributed by atoms with E-state index in [9.17, 15) is 4.79 Å². The van der Waals surface area contributed by atoms with E-state index in [-0.39, 0.29) is 5.41 Å². The topological polar surface area (TPSA) is 17.1 Å². The lowest BCUT2D eigenvalue weighted by atomic mass is 9.95. The zero-order chi connectivity index (χ0) is 8.91. The van der Waals surface area contributed by atoms with Crippen molar-refractivity contribution in [2.75, 3.05) is 0 Å². The summed E-state index contributed by atoms with van der Waals surface area (Å²) in [5.74, 6) is 0. The lowest BCUT2D eigenvalue weighted by molar-refractivity contribution is -0.112. The minimum atomic E-state index is -0.327. The summed E-state index contributed by atoms with van der Waals surface area (Å²) in [6.45, 7) is 7.82. The molecule has 0 aromatic heterocycles. The summed E-state index contributed by atoms with van der Waals surface area (Å²) in [4.78, 5) is 10.4. The van der Waals surface area contributed by atoms with Crippen LogP contribution in [0, 0.1) is 5.41 Å². The summed E-state index contributed by atoms with van der Waals surface area (Å²) in [6, 6.07) is 0. The molecule has 0 heterocycles. The molecule has 0 fully saturated rings. The lowest BCUT2D eigenvalue weighted by Crippen LogP contribution is -2.07. The normalized spacial score (nSPS) is 11.6. The Morgan fingerprint density at radius 1 is 1.27 bits per heavy atom. The molecule has 0 saturated carbocycles. The molecule has 0 aromatic carbocycles. The monoisotopic (exact) mass is 152 g/mol. The van der Waals surface area contributed by atoms with Gasteiger partial charge in [0, 0.05) is 5.41 Å². The largest absolute Gasteiger partial charge is 0.302 e. The second-order valence-corrected chi connectivity index (χ2v) is 3.54. The van der Waals surface area contributed by atoms with Crippen molar-refractivity contribution in [1.82, 2.24) is 0 Å². The Morgan fingerprint density at radius 3 is 2.18 bits per heavy atom. The number of allylic oxidation sites excluding steroid dienone is 4. The first kappa shape index (κ1) is 10.2. The molecule has 62 valence electrons. The van der Waals surface area contributed by atoms with E-state index in [0.29, 0.717) is 0 Å². The van der Waals surface area contributed by atoms with Crippen molar-refractivity contribution in [1.29, 1.82) is 0 Å². The molecule has 1 heteroatoms. The molecule has 0 bridgehead atoms. The molecule has 0 aliphatic carbocycles. The van der Waals surface area contributed by atoms with Crippen LogP contribution in [-0.4, -0.2) is 6.29 Å². The highest BCUT2D eigenvalue weighted by molar-refractivity contribution is 5.61. The van der Waals surface area contributed by atoms with Gasteiger partial charge in [0.15, 0.2) is 0 Å². The van der Waals surface area contributed by atoms with Gasteiger partial charge in [-0.1, -0.05) is 23.8 Å². The molecule has 0 radical (unpaired) electrons. The predicted molar refractivity (Wildman–Crippen MR) is 48.4 cm³/mol. The van der Waals surface area contributed by atoms with Gasteiger partial charge in [-0.3, -0.25) is 0 Å². The van der Waals surface area contributed by atoms with E-state index < -0.39 is 0 Å². The van der Waals surface area contributed by atoms with Crippen molar-refractivity contribution in [3.8, 4) is 0 Å². The molecule has 0 rings (SSSR count). The number of hydrogen-bond donors (Lipinski definition) is 0. The first-order valence-electron chi connectivity index (χ1n) is 3.77. The maximum atomic E-state index is 10.4. The highest BCUT2D eigenvalue weighted by atomic mass is 16.1. The summed E-state index contributed by atoms with van der Waals surface area (Å²) < 4.78 is 0. The van der Waals surface area contributed by atoms with Gasteiger partial charge >= 0.3 is 0 Å². The van der Waals surface area contributed by atoms with Crippen LogP contribution in [-0.2, 0) is 4.79 Å². The van der Waals surface area contributed by atoms with Crippen molar-refractivity contribution >= 4 is 6.29 Å². The molecule has 0 atom stereocenters. The summed E-state index contributed by atoms with van der Waals surface area (Å²) >= 11 is 0. The summed E-state index contributed by atoms with van der Waals surface area (Å²) in [7, 11) is 0. The molecule has 0 aromatic rings. The maximum Gasteiger partial charge on any atom is 0.129 e. The van der Waals surface area contributed by atoms with E-state index in [1.807, 2.05) is 45.9 Å². The average Bonchev–Trinajstić information content (AvgIpc) is 1.87. The van der Waals surface area contributed by atoms with E-state index in [0.717, 1.165) is 6.29 Å². The molecule has 0 spiro atoms. The van der Waals surface area contributed by atoms with Crippen LogP contribution in [0.15, 0.2) is 23.8 Å². The van der Waals surface area contributed by atoms with Crippen molar-refractivity contribution in [2.24, 2.45) is 5.41 Å². The zero-order valence-corrected chi connectivity index (χ0v) is 7.72. The van der Waals surface area contributed by atoms with Gasteiger partial charge in [0.2, 0.25) is 0 Å². The average molecular weight is 152 g/mol. The Morgan fingerprint density at radius 2 is 1.82 bits per heavy atom. The van der Waals surface area contributed by atoms with Crippen molar-refractivity contribution in [3.05, 3.63) is 23.8 Å². The lowest BCUT2D eigenvalue weighted by Gasteiger charge is -2.08. The standard InChI is InChI=1S/C10H16O/c1-9(2)6-5-7-10(3,4)8-11/h5-8H,1-4H3/b7-5+. The van der Waals surface area contributed by atoms with Crippen molar-refractivity contribution in [3.63, 3.8) is 0 Å². The summed E-state index contributed by atoms with van der Waals surface area (Å²) in [5, 5.41) is 0. The van der Waals surface area contributed by atoms with Crippen LogP contribution in [0.4, 0.5) is 0 Å². The minimum Gasteiger partial charge on any atom is -0.302 e. The number of hydrogen-bond acceptors (Lipinski definition) is 1. The third kappa shape index (κ3) is 5.59. The Bertz CT molecular complexity index is 181. The van der Waals surface area contributed by atoms with Gasteiger partial charge in [-0.25, -0.2) is 0 Å². The fourth-order valence-electron chi connectivity index (χ4n) is 0.528. The van der Waals surface area contributed by atoms with E-state index in [4.69, 9.17) is 0 Å². The smallest absolute Gasteiger partial charge is 0.129 e. The van der Waals surface area contributed by atoms with Crippen LogP contribution in [0.5, 0.6) is 0 Å². The molecule has 0 unspecified atom stereocenters. The minimum absolute atomic E-state index is 0.327. The van der Waals surface area contributed by atoms with Crippen LogP contribution in [0.25, 0.3) is 0 Å². The van der Waals surface area contributed by atoms with Crippen LogP contribution in [0.1, 0.15) is 27.7 Å². The Hall–Kier alpha value is -0.850. The highest BCUT2D eigenvalue weighted by Gasteiger charge is 2.09. The van der Waals surface area contributed by atoms with Crippen molar-refractivity contribution in [2.45, 2.75) is 27.7 Å². The van der Waals surface area contributed by atoms with E-state index in [1.54, 1.807) is 0 Å². The van der Waals surface area contributed by atoms with Crippen LogP contribution >= 0.6 is 0 Å². The van der Waals surface area contributed by atoms with Gasteiger partial charge < -0.3 is 4.79 Å². The number of rotatable bonds is 3. The first-order chi connectivity index (χ1) is 4.98. The third-order valence-corrected chi connectivity index (χ3v) is 1.26. The van der Waals surface area contributed by atoms with E-state index in [1.165, 1.54) is 5.57 Å². The molecule has 11 heavy (non-hydrogen) atoms. The fraction of sp³-hybridized carbons (Fsp3) is 0.500. The van der Waals surface area contributed by atoms with Crippen LogP contribution in [0.3, 0.4) is 0 Å². The third-order valence-electron chi connectivity index (χ3n) is 1.26. The van der Waals surface area contributed by atoms with Crippen molar-refractivity contribution < 1.29 is 4.79 Å². The molecule has 0 N–H and O–H groups in total. The Balaban J connectivity index is 4.13. The maximum absolute atomic E-state index is 10.4. The highest BCUT2D eigenvalue weighted by Crippen LogP contribution is 2.12. The van der Waals surface area contributed by atoms with E-state index >= 15 is 0 Å². The summed E-state index contributed by atoms with van der Waals surface area (Å²) in [6.07, 6.45) is 6.75.